The molecule has 1 heterocycles. The van der Waals surface area contributed by atoms with Crippen LogP contribution in [0.1, 0.15) is 43.7 Å². The van der Waals surface area contributed by atoms with Gasteiger partial charge in [0.25, 0.3) is 0 Å². The van der Waals surface area contributed by atoms with Gasteiger partial charge in [-0.05, 0) is 18.9 Å². The molecule has 2 atom stereocenters. The Morgan fingerprint density at radius 2 is 1.96 bits per heavy atom. The number of carboxylic acid groups (broad SMARTS) is 1. The monoisotopic (exact) mass is 333 g/mol. The fourth-order valence-electron chi connectivity index (χ4n) is 3.85. The second-order valence-electron chi connectivity index (χ2n) is 6.35. The molecular formula is C18H23NO5. The third-order valence-corrected chi connectivity index (χ3v) is 4.93. The molecule has 0 radical (unpaired) electrons. The van der Waals surface area contributed by atoms with Crippen molar-refractivity contribution >= 4 is 11.9 Å². The van der Waals surface area contributed by atoms with Gasteiger partial charge >= 0.3 is 5.97 Å². The number of para-hydroxylation sites is 1. The second-order valence-corrected chi connectivity index (χ2v) is 6.35. The number of aliphatic carboxylic acids is 1. The highest BCUT2D eigenvalue weighted by molar-refractivity contribution is 5.83. The van der Waals surface area contributed by atoms with Crippen LogP contribution in [0.3, 0.4) is 0 Å². The van der Waals surface area contributed by atoms with Gasteiger partial charge in [0.05, 0.1) is 13.2 Å². The molecule has 1 amide bonds. The Kier molecular flexibility index (Phi) is 5.04. The molecule has 3 rings (SSSR count). The van der Waals surface area contributed by atoms with Crippen LogP contribution in [0.5, 0.6) is 5.75 Å². The van der Waals surface area contributed by atoms with E-state index in [0.29, 0.717) is 11.3 Å². The Morgan fingerprint density at radius 3 is 2.62 bits per heavy atom. The minimum atomic E-state index is -1.08. The van der Waals surface area contributed by atoms with Crippen molar-refractivity contribution in [1.82, 2.24) is 4.90 Å². The standard InChI is InChI=1S/C18H23NO5/c1-23-14-10-6-5-9-13(14)16-17(18(21)22)24-11-15(20)19(16)12-7-3-2-4-8-12/h5-6,9-10,12,16-17H,2-4,7-8,11H2,1H3,(H,21,22)/t16-,17+/m1/s1. The van der Waals surface area contributed by atoms with Gasteiger partial charge in [-0.1, -0.05) is 37.5 Å². The first-order chi connectivity index (χ1) is 11.6. The van der Waals surface area contributed by atoms with Gasteiger partial charge < -0.3 is 19.5 Å². The molecule has 1 saturated heterocycles. The molecule has 6 nitrogen and oxygen atoms in total. The summed E-state index contributed by atoms with van der Waals surface area (Å²) in [6, 6.07) is 6.66. The maximum Gasteiger partial charge on any atom is 0.335 e. The quantitative estimate of drug-likeness (QED) is 0.915. The van der Waals surface area contributed by atoms with E-state index in [1.54, 1.807) is 18.1 Å². The van der Waals surface area contributed by atoms with Crippen LogP contribution in [-0.4, -0.2) is 47.7 Å². The SMILES string of the molecule is COc1ccccc1[C@@H]1[C@@H](C(=O)O)OCC(=O)N1C1CCCCC1. The molecule has 1 aromatic carbocycles. The van der Waals surface area contributed by atoms with E-state index in [1.807, 2.05) is 18.2 Å². The Morgan fingerprint density at radius 1 is 1.25 bits per heavy atom. The molecule has 0 unspecified atom stereocenters. The lowest BCUT2D eigenvalue weighted by Gasteiger charge is -2.45. The predicted octanol–water partition coefficient (Wildman–Crippen LogP) is 2.38. The molecule has 1 aromatic rings. The first-order valence-electron chi connectivity index (χ1n) is 8.42. The minimum absolute atomic E-state index is 0.0620. The number of carbonyl (C=O) groups excluding carboxylic acids is 1. The third-order valence-electron chi connectivity index (χ3n) is 4.93. The average molecular weight is 333 g/mol. The maximum absolute atomic E-state index is 12.6. The molecule has 1 N–H and O–H groups in total. The minimum Gasteiger partial charge on any atom is -0.496 e. The van der Waals surface area contributed by atoms with Crippen LogP contribution in [0.25, 0.3) is 0 Å². The van der Waals surface area contributed by atoms with E-state index in [1.165, 1.54) is 0 Å². The summed E-state index contributed by atoms with van der Waals surface area (Å²) in [6.07, 6.45) is 4.02. The molecule has 1 aliphatic carbocycles. The van der Waals surface area contributed by atoms with Crippen LogP contribution in [-0.2, 0) is 14.3 Å². The summed E-state index contributed by atoms with van der Waals surface area (Å²) < 4.78 is 10.8. The first kappa shape index (κ1) is 16.8. The first-order valence-corrected chi connectivity index (χ1v) is 8.42. The molecule has 1 saturated carbocycles. The van der Waals surface area contributed by atoms with Crippen molar-refractivity contribution in [2.45, 2.75) is 50.3 Å². The van der Waals surface area contributed by atoms with Gasteiger partial charge in [-0.2, -0.15) is 0 Å². The molecule has 2 fully saturated rings. The Balaban J connectivity index is 2.04. The Bertz CT molecular complexity index is 611. The number of carboxylic acids is 1. The summed E-state index contributed by atoms with van der Waals surface area (Å²) in [5.74, 6) is -0.623. The van der Waals surface area contributed by atoms with Gasteiger partial charge in [0, 0.05) is 11.6 Å². The van der Waals surface area contributed by atoms with E-state index in [9.17, 15) is 14.7 Å². The van der Waals surface area contributed by atoms with E-state index in [-0.39, 0.29) is 18.6 Å². The summed E-state index contributed by atoms with van der Waals surface area (Å²) in [5, 5.41) is 9.63. The van der Waals surface area contributed by atoms with E-state index in [4.69, 9.17) is 9.47 Å². The van der Waals surface area contributed by atoms with Crippen LogP contribution in [0, 0.1) is 0 Å². The summed E-state index contributed by atoms with van der Waals surface area (Å²) in [6.45, 7) is -0.181. The Labute approximate surface area is 141 Å². The third kappa shape index (κ3) is 3.11. The normalized spacial score (nSPS) is 25.5. The fraction of sp³-hybridized carbons (Fsp3) is 0.556. The number of rotatable bonds is 4. The number of morpholine rings is 1. The topological polar surface area (TPSA) is 76.1 Å². The van der Waals surface area contributed by atoms with Gasteiger partial charge in [0.2, 0.25) is 5.91 Å². The second kappa shape index (κ2) is 7.21. The van der Waals surface area contributed by atoms with Gasteiger partial charge in [0.1, 0.15) is 12.4 Å². The van der Waals surface area contributed by atoms with E-state index in [2.05, 4.69) is 0 Å². The zero-order valence-electron chi connectivity index (χ0n) is 13.8. The highest BCUT2D eigenvalue weighted by Crippen LogP contribution is 2.39. The lowest BCUT2D eigenvalue weighted by molar-refractivity contribution is -0.177. The molecule has 24 heavy (non-hydrogen) atoms. The van der Waals surface area contributed by atoms with Crippen molar-refractivity contribution in [3.63, 3.8) is 0 Å². The van der Waals surface area contributed by atoms with Gasteiger partial charge in [0.15, 0.2) is 6.10 Å². The van der Waals surface area contributed by atoms with Crippen molar-refractivity contribution in [1.29, 1.82) is 0 Å². The number of hydrogen-bond acceptors (Lipinski definition) is 4. The van der Waals surface area contributed by atoms with Gasteiger partial charge in [-0.3, -0.25) is 4.79 Å². The van der Waals surface area contributed by atoms with Crippen LogP contribution in [0.2, 0.25) is 0 Å². The predicted molar refractivity (Wildman–Crippen MR) is 86.8 cm³/mol. The zero-order chi connectivity index (χ0) is 17.1. The van der Waals surface area contributed by atoms with Crippen LogP contribution in [0.4, 0.5) is 0 Å². The summed E-state index contributed by atoms with van der Waals surface area (Å²) >= 11 is 0. The number of carbonyl (C=O) groups is 2. The van der Waals surface area contributed by atoms with Crippen LogP contribution < -0.4 is 4.74 Å². The average Bonchev–Trinajstić information content (AvgIpc) is 2.61. The lowest BCUT2D eigenvalue weighted by atomic mass is 9.89. The van der Waals surface area contributed by atoms with E-state index in [0.717, 1.165) is 32.1 Å². The lowest BCUT2D eigenvalue weighted by Crippen LogP contribution is -2.55. The number of methoxy groups -OCH3 is 1. The van der Waals surface area contributed by atoms with Crippen LogP contribution in [0.15, 0.2) is 24.3 Å². The van der Waals surface area contributed by atoms with Gasteiger partial charge in [-0.15, -0.1) is 0 Å². The molecular weight excluding hydrogens is 310 g/mol. The molecule has 0 aromatic heterocycles. The number of amides is 1. The van der Waals surface area contributed by atoms with Crippen LogP contribution >= 0.6 is 0 Å². The molecule has 0 spiro atoms. The molecule has 130 valence electrons. The number of hydrogen-bond donors (Lipinski definition) is 1. The van der Waals surface area contributed by atoms with Crippen molar-refractivity contribution in [3.8, 4) is 5.75 Å². The maximum atomic E-state index is 12.6. The highest BCUT2D eigenvalue weighted by Gasteiger charge is 2.45. The van der Waals surface area contributed by atoms with Crippen molar-refractivity contribution in [3.05, 3.63) is 29.8 Å². The number of benzene rings is 1. The Hall–Kier alpha value is -2.08. The largest absolute Gasteiger partial charge is 0.496 e. The summed E-state index contributed by atoms with van der Waals surface area (Å²) in [7, 11) is 1.55. The molecule has 1 aliphatic heterocycles. The number of ether oxygens (including phenoxy) is 2. The van der Waals surface area contributed by atoms with E-state index < -0.39 is 18.1 Å². The smallest absolute Gasteiger partial charge is 0.335 e. The summed E-state index contributed by atoms with van der Waals surface area (Å²) in [5.41, 5.74) is 0.686. The van der Waals surface area contributed by atoms with E-state index >= 15 is 0 Å². The van der Waals surface area contributed by atoms with Crippen molar-refractivity contribution in [2.24, 2.45) is 0 Å². The van der Waals surface area contributed by atoms with Gasteiger partial charge in [-0.25, -0.2) is 4.79 Å². The molecule has 0 bridgehead atoms. The number of nitrogens with zero attached hydrogens (tertiary/aromatic N) is 1. The molecule has 2 aliphatic rings. The summed E-state index contributed by atoms with van der Waals surface area (Å²) in [4.78, 5) is 26.1. The van der Waals surface area contributed by atoms with Crippen molar-refractivity contribution in [2.75, 3.05) is 13.7 Å². The van der Waals surface area contributed by atoms with Crippen molar-refractivity contribution < 1.29 is 24.2 Å². The zero-order valence-corrected chi connectivity index (χ0v) is 13.8. The molecule has 6 heteroatoms. The highest BCUT2D eigenvalue weighted by atomic mass is 16.5. The fourth-order valence-corrected chi connectivity index (χ4v) is 3.85.